The van der Waals surface area contributed by atoms with Crippen molar-refractivity contribution in [2.75, 3.05) is 4.90 Å². The molecule has 3 heteroatoms. The Bertz CT molecular complexity index is 3310. The van der Waals surface area contributed by atoms with Crippen LogP contribution in [0.4, 0.5) is 11.4 Å². The maximum absolute atomic E-state index is 6.29. The molecule has 2 heterocycles. The second-order valence-electron chi connectivity index (χ2n) is 15.6. The molecule has 0 fully saturated rings. The Hall–Kier alpha value is -7.46. The van der Waals surface area contributed by atoms with E-state index < -0.39 is 0 Å². The van der Waals surface area contributed by atoms with Crippen molar-refractivity contribution in [3.63, 3.8) is 0 Å². The highest BCUT2D eigenvalue weighted by Crippen LogP contribution is 2.44. The summed E-state index contributed by atoms with van der Waals surface area (Å²) >= 11 is 1.87. The highest BCUT2D eigenvalue weighted by atomic mass is 32.1. The molecular weight excluding hydrogens is 759 g/mol. The fourth-order valence-electron chi connectivity index (χ4n) is 8.97. The zero-order valence-electron chi connectivity index (χ0n) is 33.6. The lowest BCUT2D eigenvalue weighted by Gasteiger charge is -2.22. The molecule has 1 aliphatic rings. The SMILES string of the molecule is C=C/C=C(\C=C/N(c1ccc(-c2ccc(-c3ccc4c(c3)-c3c(oc5ccccc35)CC4)cc2)cc1)c1cccc(-c2cccc3c2sc2ccccc23)c1)c1ccccc1. The fraction of sp³-hybridized carbons (Fsp3) is 0.0345. The maximum atomic E-state index is 6.29. The minimum atomic E-state index is 0.940. The van der Waals surface area contributed by atoms with E-state index in [0.717, 1.165) is 46.7 Å². The summed E-state index contributed by atoms with van der Waals surface area (Å²) in [7, 11) is 0. The van der Waals surface area contributed by atoms with Crippen LogP contribution in [0.15, 0.2) is 223 Å². The Kier molecular flexibility index (Phi) is 9.37. The van der Waals surface area contributed by atoms with E-state index in [0.29, 0.717) is 0 Å². The third-order valence-corrected chi connectivity index (χ3v) is 13.2. The van der Waals surface area contributed by atoms with Gasteiger partial charge in [0.2, 0.25) is 0 Å². The number of anilines is 2. The van der Waals surface area contributed by atoms with E-state index in [-0.39, 0.29) is 0 Å². The van der Waals surface area contributed by atoms with Gasteiger partial charge in [-0.25, -0.2) is 0 Å². The van der Waals surface area contributed by atoms with Gasteiger partial charge in [-0.05, 0) is 111 Å². The number of benzene rings is 8. The average molecular weight is 800 g/mol. The van der Waals surface area contributed by atoms with Crippen molar-refractivity contribution in [1.82, 2.24) is 0 Å². The number of nitrogens with zero attached hydrogens (tertiary/aromatic N) is 1. The Morgan fingerprint density at radius 2 is 1.23 bits per heavy atom. The zero-order valence-corrected chi connectivity index (χ0v) is 34.4. The second-order valence-corrected chi connectivity index (χ2v) is 16.7. The van der Waals surface area contributed by atoms with Crippen molar-refractivity contribution in [2.24, 2.45) is 0 Å². The van der Waals surface area contributed by atoms with Gasteiger partial charge in [-0.2, -0.15) is 0 Å². The molecule has 1 aliphatic carbocycles. The molecule has 0 saturated heterocycles. The van der Waals surface area contributed by atoms with Crippen LogP contribution in [-0.4, -0.2) is 0 Å². The molecular formula is C58H41NOS. The van der Waals surface area contributed by atoms with Crippen molar-refractivity contribution >= 4 is 59.4 Å². The largest absolute Gasteiger partial charge is 0.460 e. The molecule has 290 valence electrons. The van der Waals surface area contributed by atoms with Gasteiger partial charge in [-0.1, -0.05) is 164 Å². The van der Waals surface area contributed by atoms with Gasteiger partial charge >= 0.3 is 0 Å². The molecule has 0 spiro atoms. The van der Waals surface area contributed by atoms with Crippen LogP contribution in [-0.2, 0) is 12.8 Å². The van der Waals surface area contributed by atoms with Crippen molar-refractivity contribution < 1.29 is 4.42 Å². The first-order valence-corrected chi connectivity index (χ1v) is 21.7. The van der Waals surface area contributed by atoms with Gasteiger partial charge < -0.3 is 9.32 Å². The number of hydrogen-bond acceptors (Lipinski definition) is 3. The normalized spacial score (nSPS) is 12.6. The first kappa shape index (κ1) is 36.6. The standard InChI is InChI=1S/C58H41NOS/c1-2-12-39(40-13-4-3-5-14-40)35-36-59(48-16-10-15-46(37-48)49-19-11-20-51-50-17-7-9-22-56(50)61-58(49)51)47-32-29-42(30-33-47)41-23-25-43(26-24-41)45-28-27-44-31-34-55-57(53(44)38-45)52-18-6-8-21-54(52)60-55/h2-30,32-33,35-38H,1,31,34H2/b36-35-,39-12+. The molecule has 0 radical (unpaired) electrons. The Labute approximate surface area is 360 Å². The topological polar surface area (TPSA) is 16.4 Å². The lowest BCUT2D eigenvalue weighted by Crippen LogP contribution is -2.08. The van der Waals surface area contributed by atoms with Gasteiger partial charge in [-0.3, -0.25) is 0 Å². The molecule has 11 rings (SSSR count). The van der Waals surface area contributed by atoms with Crippen LogP contribution in [0, 0.1) is 0 Å². The molecule has 10 aromatic rings. The summed E-state index contributed by atoms with van der Waals surface area (Å²) < 4.78 is 8.91. The third-order valence-electron chi connectivity index (χ3n) is 12.0. The predicted molar refractivity (Wildman–Crippen MR) is 261 cm³/mol. The van der Waals surface area contributed by atoms with Gasteiger partial charge in [-0.15, -0.1) is 11.3 Å². The summed E-state index contributed by atoms with van der Waals surface area (Å²) in [4.78, 5) is 2.28. The van der Waals surface area contributed by atoms with E-state index in [4.69, 9.17) is 4.42 Å². The molecule has 2 aromatic heterocycles. The van der Waals surface area contributed by atoms with Gasteiger partial charge in [0.05, 0.1) is 0 Å². The number of allylic oxidation sites excluding steroid dienone is 4. The van der Waals surface area contributed by atoms with Crippen LogP contribution in [0.2, 0.25) is 0 Å². The Morgan fingerprint density at radius 1 is 0.541 bits per heavy atom. The van der Waals surface area contributed by atoms with Crippen LogP contribution in [0.25, 0.3) is 81.2 Å². The molecule has 0 aliphatic heterocycles. The molecule has 2 nitrogen and oxygen atoms in total. The van der Waals surface area contributed by atoms with Crippen molar-refractivity contribution in [2.45, 2.75) is 12.8 Å². The molecule has 61 heavy (non-hydrogen) atoms. The Balaban J connectivity index is 0.928. The van der Waals surface area contributed by atoms with Gasteiger partial charge in [0.25, 0.3) is 0 Å². The quantitative estimate of drug-likeness (QED) is 0.135. The number of thiophene rings is 1. The van der Waals surface area contributed by atoms with E-state index in [9.17, 15) is 0 Å². The average Bonchev–Trinajstić information content (AvgIpc) is 3.91. The summed E-state index contributed by atoms with van der Waals surface area (Å²) in [6, 6.07) is 68.0. The van der Waals surface area contributed by atoms with Gasteiger partial charge in [0, 0.05) is 55.1 Å². The molecule has 0 unspecified atom stereocenters. The van der Waals surface area contributed by atoms with Gasteiger partial charge in [0.1, 0.15) is 11.3 Å². The summed E-state index contributed by atoms with van der Waals surface area (Å²) in [6.07, 6.45) is 10.2. The Morgan fingerprint density at radius 3 is 2.05 bits per heavy atom. The monoisotopic (exact) mass is 799 g/mol. The van der Waals surface area contributed by atoms with E-state index >= 15 is 0 Å². The molecule has 0 N–H and O–H groups in total. The second kappa shape index (κ2) is 15.6. The van der Waals surface area contributed by atoms with Crippen molar-refractivity contribution in [1.29, 1.82) is 0 Å². The van der Waals surface area contributed by atoms with E-state index in [1.54, 1.807) is 0 Å². The number of rotatable bonds is 9. The summed E-state index contributed by atoms with van der Waals surface area (Å²) in [6.45, 7) is 4.02. The van der Waals surface area contributed by atoms with E-state index in [2.05, 4.69) is 212 Å². The first-order chi connectivity index (χ1) is 30.2. The highest BCUT2D eigenvalue weighted by Gasteiger charge is 2.23. The van der Waals surface area contributed by atoms with Crippen molar-refractivity contribution in [3.8, 4) is 44.5 Å². The smallest absolute Gasteiger partial charge is 0.134 e. The highest BCUT2D eigenvalue weighted by molar-refractivity contribution is 7.26. The van der Waals surface area contributed by atoms with E-state index in [1.807, 2.05) is 23.5 Å². The van der Waals surface area contributed by atoms with Crippen LogP contribution >= 0.6 is 11.3 Å². The number of para-hydroxylation sites is 1. The lowest BCUT2D eigenvalue weighted by atomic mass is 9.86. The fourth-order valence-corrected chi connectivity index (χ4v) is 10.2. The number of hydrogen-bond donors (Lipinski definition) is 0. The molecule has 0 bridgehead atoms. The number of furan rings is 1. The maximum Gasteiger partial charge on any atom is 0.134 e. The molecule has 0 saturated carbocycles. The summed E-state index contributed by atoms with van der Waals surface area (Å²) in [5, 5.41) is 3.81. The molecule has 0 amide bonds. The van der Waals surface area contributed by atoms with Crippen LogP contribution < -0.4 is 4.90 Å². The van der Waals surface area contributed by atoms with Crippen LogP contribution in [0.5, 0.6) is 0 Å². The minimum Gasteiger partial charge on any atom is -0.460 e. The zero-order chi connectivity index (χ0) is 40.7. The van der Waals surface area contributed by atoms with Crippen LogP contribution in [0.1, 0.15) is 16.9 Å². The summed E-state index contributed by atoms with van der Waals surface area (Å²) in [5.41, 5.74) is 16.5. The third kappa shape index (κ3) is 6.79. The number of fused-ring (bicyclic) bond motifs is 8. The predicted octanol–water partition coefficient (Wildman–Crippen LogP) is 16.5. The van der Waals surface area contributed by atoms with Crippen LogP contribution in [0.3, 0.4) is 0 Å². The first-order valence-electron chi connectivity index (χ1n) is 20.9. The van der Waals surface area contributed by atoms with E-state index in [1.165, 1.54) is 75.6 Å². The lowest BCUT2D eigenvalue weighted by molar-refractivity contribution is 0.546. The molecule has 8 aromatic carbocycles. The minimum absolute atomic E-state index is 0.940. The summed E-state index contributed by atoms with van der Waals surface area (Å²) in [5.74, 6) is 1.10. The van der Waals surface area contributed by atoms with Gasteiger partial charge in [0.15, 0.2) is 0 Å². The molecule has 0 atom stereocenters. The number of aryl methyl sites for hydroxylation is 2. The van der Waals surface area contributed by atoms with Crippen molar-refractivity contribution in [3.05, 3.63) is 236 Å².